The third-order valence-electron chi connectivity index (χ3n) is 8.50. The van der Waals surface area contributed by atoms with Crippen LogP contribution in [0.2, 0.25) is 0 Å². The van der Waals surface area contributed by atoms with E-state index in [0.717, 1.165) is 34.0 Å². The number of rotatable bonds is 7. The van der Waals surface area contributed by atoms with Gasteiger partial charge in [-0.25, -0.2) is 18.4 Å². The number of para-hydroxylation sites is 1. The van der Waals surface area contributed by atoms with Crippen molar-refractivity contribution in [2.75, 3.05) is 55.9 Å². The maximum Gasteiger partial charge on any atom is 0.255 e. The SMILES string of the molecule is CNC(=O)c1c(-c2ccc(C)cc2)oc2cc(N(C)S(C)(=O)=O)c(-c3cc(-c4cc5ccccc5[nH]4)nc(N4CCOCC4)n3)cc12. The molecule has 0 radical (unpaired) electrons. The van der Waals surface area contributed by atoms with E-state index in [1.54, 1.807) is 19.2 Å². The molecule has 3 aromatic carbocycles. The van der Waals surface area contributed by atoms with Crippen molar-refractivity contribution in [2.45, 2.75) is 6.92 Å². The first-order valence-corrected chi connectivity index (χ1v) is 17.1. The fourth-order valence-corrected chi connectivity index (χ4v) is 6.37. The van der Waals surface area contributed by atoms with Gasteiger partial charge in [-0.15, -0.1) is 0 Å². The van der Waals surface area contributed by atoms with Crippen LogP contribution in [0.4, 0.5) is 11.6 Å². The fourth-order valence-electron chi connectivity index (χ4n) is 5.86. The van der Waals surface area contributed by atoms with E-state index in [4.69, 9.17) is 19.1 Å². The average molecular weight is 651 g/mol. The summed E-state index contributed by atoms with van der Waals surface area (Å²) < 4.78 is 39.2. The predicted molar refractivity (Wildman–Crippen MR) is 184 cm³/mol. The number of H-pyrrole nitrogens is 1. The molecule has 7 rings (SSSR count). The van der Waals surface area contributed by atoms with Crippen LogP contribution in [0, 0.1) is 6.92 Å². The third kappa shape index (κ3) is 5.70. The molecule has 1 amide bonds. The zero-order valence-corrected chi connectivity index (χ0v) is 27.3. The molecule has 11 nitrogen and oxygen atoms in total. The Morgan fingerprint density at radius 1 is 0.979 bits per heavy atom. The van der Waals surface area contributed by atoms with Crippen molar-refractivity contribution in [1.82, 2.24) is 20.3 Å². The zero-order chi connectivity index (χ0) is 32.9. The van der Waals surface area contributed by atoms with E-state index in [-0.39, 0.29) is 5.91 Å². The first-order chi connectivity index (χ1) is 22.6. The average Bonchev–Trinajstić information content (AvgIpc) is 3.69. The largest absolute Gasteiger partial charge is 0.455 e. The van der Waals surface area contributed by atoms with Crippen molar-refractivity contribution in [1.29, 1.82) is 0 Å². The van der Waals surface area contributed by atoms with Gasteiger partial charge in [0.2, 0.25) is 16.0 Å². The summed E-state index contributed by atoms with van der Waals surface area (Å²) in [7, 11) is -0.650. The summed E-state index contributed by atoms with van der Waals surface area (Å²) in [5, 5.41) is 4.30. The summed E-state index contributed by atoms with van der Waals surface area (Å²) in [6.07, 6.45) is 1.14. The quantitative estimate of drug-likeness (QED) is 0.228. The number of anilines is 2. The van der Waals surface area contributed by atoms with Crippen molar-refractivity contribution in [2.24, 2.45) is 0 Å². The Balaban J connectivity index is 1.51. The monoisotopic (exact) mass is 650 g/mol. The van der Waals surface area contributed by atoms with Gasteiger partial charge in [0.1, 0.15) is 11.3 Å². The van der Waals surface area contributed by atoms with Gasteiger partial charge in [0.05, 0.1) is 47.8 Å². The molecule has 2 N–H and O–H groups in total. The second-order valence-electron chi connectivity index (χ2n) is 11.7. The zero-order valence-electron chi connectivity index (χ0n) is 26.5. The number of hydrogen-bond acceptors (Lipinski definition) is 8. The number of carbonyl (C=O) groups is 1. The number of aryl methyl sites for hydroxylation is 1. The first-order valence-electron chi connectivity index (χ1n) is 15.2. The van der Waals surface area contributed by atoms with Gasteiger partial charge in [-0.2, -0.15) is 0 Å². The number of ether oxygens (including phenoxy) is 1. The van der Waals surface area contributed by atoms with Crippen molar-refractivity contribution in [3.63, 3.8) is 0 Å². The second-order valence-corrected chi connectivity index (χ2v) is 13.7. The van der Waals surface area contributed by atoms with E-state index < -0.39 is 10.0 Å². The van der Waals surface area contributed by atoms with Crippen LogP contribution in [-0.4, -0.2) is 75.9 Å². The molecule has 0 unspecified atom stereocenters. The molecular weight excluding hydrogens is 616 g/mol. The van der Waals surface area contributed by atoms with Gasteiger partial charge < -0.3 is 24.4 Å². The smallest absolute Gasteiger partial charge is 0.255 e. The third-order valence-corrected chi connectivity index (χ3v) is 9.69. The Kier molecular flexibility index (Phi) is 7.69. The lowest BCUT2D eigenvalue weighted by Gasteiger charge is -2.27. The van der Waals surface area contributed by atoms with Gasteiger partial charge >= 0.3 is 0 Å². The summed E-state index contributed by atoms with van der Waals surface area (Å²) in [6.45, 7) is 4.27. The first kappa shape index (κ1) is 30.5. The molecule has 12 heteroatoms. The molecule has 6 aromatic rings. The Morgan fingerprint density at radius 3 is 2.40 bits per heavy atom. The van der Waals surface area contributed by atoms with E-state index in [2.05, 4.69) is 15.2 Å². The van der Waals surface area contributed by atoms with E-state index in [1.165, 1.54) is 11.4 Å². The molecule has 0 saturated carbocycles. The van der Waals surface area contributed by atoms with Crippen LogP contribution in [0.1, 0.15) is 15.9 Å². The number of morpholine rings is 1. The summed E-state index contributed by atoms with van der Waals surface area (Å²) in [6, 6.07) is 23.0. The van der Waals surface area contributed by atoms with E-state index in [1.807, 2.05) is 67.6 Å². The van der Waals surface area contributed by atoms with Crippen LogP contribution in [0.25, 0.3) is 55.8 Å². The predicted octanol–water partition coefficient (Wildman–Crippen LogP) is 5.61. The lowest BCUT2D eigenvalue weighted by molar-refractivity contribution is 0.0964. The van der Waals surface area contributed by atoms with Crippen molar-refractivity contribution < 1.29 is 22.4 Å². The number of aromatic nitrogens is 3. The summed E-state index contributed by atoms with van der Waals surface area (Å²) in [5.41, 5.74) is 6.24. The van der Waals surface area contributed by atoms with Gasteiger partial charge in [-0.05, 0) is 31.2 Å². The molecule has 0 bridgehead atoms. The normalized spacial score (nSPS) is 13.7. The highest BCUT2D eigenvalue weighted by molar-refractivity contribution is 7.92. The molecule has 4 heterocycles. The molecule has 0 spiro atoms. The van der Waals surface area contributed by atoms with Gasteiger partial charge in [0, 0.05) is 60.7 Å². The standard InChI is InChI=1S/C35H34N6O5S/c1-21-9-11-22(12-10-21)33-32(34(42)36-2)25-18-24(30(20-31(25)46-33)40(3)47(4,43)44)27-19-29(28-17-23-7-5-6-8-26(23)37-28)39-35(38-27)41-13-15-45-16-14-41/h5-12,17-20,37H,13-16H2,1-4H3,(H,36,42). The van der Waals surface area contributed by atoms with Crippen LogP contribution >= 0.6 is 0 Å². The highest BCUT2D eigenvalue weighted by Gasteiger charge is 2.27. The molecule has 1 aliphatic rings. The van der Waals surface area contributed by atoms with E-state index >= 15 is 0 Å². The highest BCUT2D eigenvalue weighted by Crippen LogP contribution is 2.42. The fraction of sp³-hybridized carbons (Fsp3) is 0.229. The number of nitrogens with zero attached hydrogens (tertiary/aromatic N) is 4. The molecule has 1 fully saturated rings. The molecule has 240 valence electrons. The van der Waals surface area contributed by atoms with E-state index in [0.29, 0.717) is 77.2 Å². The number of sulfonamides is 1. The van der Waals surface area contributed by atoms with Crippen LogP contribution in [0.3, 0.4) is 0 Å². The van der Waals surface area contributed by atoms with Crippen LogP contribution < -0.4 is 14.5 Å². The second kappa shape index (κ2) is 11.9. The van der Waals surface area contributed by atoms with Crippen molar-refractivity contribution >= 4 is 49.4 Å². The van der Waals surface area contributed by atoms with Crippen molar-refractivity contribution in [3.05, 3.63) is 83.9 Å². The molecule has 1 saturated heterocycles. The molecular formula is C35H34N6O5S. The Labute approximate surface area is 272 Å². The number of carbonyl (C=O) groups excluding carboxylic acids is 1. The van der Waals surface area contributed by atoms with Crippen LogP contribution in [-0.2, 0) is 14.8 Å². The number of furan rings is 1. The summed E-state index contributed by atoms with van der Waals surface area (Å²) in [5.74, 6) is 0.552. The number of aromatic amines is 1. The number of hydrogen-bond donors (Lipinski definition) is 2. The molecule has 47 heavy (non-hydrogen) atoms. The highest BCUT2D eigenvalue weighted by atomic mass is 32.2. The number of nitrogens with one attached hydrogen (secondary N) is 2. The van der Waals surface area contributed by atoms with E-state index in [9.17, 15) is 13.2 Å². The minimum Gasteiger partial charge on any atom is -0.455 e. The van der Waals surface area contributed by atoms with Gasteiger partial charge in [-0.1, -0.05) is 48.0 Å². The van der Waals surface area contributed by atoms with Crippen molar-refractivity contribution in [3.8, 4) is 34.0 Å². The molecule has 0 atom stereocenters. The Bertz CT molecular complexity index is 2220. The van der Waals surface area contributed by atoms with Crippen LogP contribution in [0.5, 0.6) is 0 Å². The van der Waals surface area contributed by atoms with Gasteiger partial charge in [0.15, 0.2) is 0 Å². The maximum atomic E-state index is 13.4. The topological polar surface area (TPSA) is 134 Å². The Morgan fingerprint density at radius 2 is 1.70 bits per heavy atom. The molecule has 1 aliphatic heterocycles. The number of fused-ring (bicyclic) bond motifs is 2. The lowest BCUT2D eigenvalue weighted by Crippen LogP contribution is -2.37. The lowest BCUT2D eigenvalue weighted by atomic mass is 10.00. The number of benzene rings is 3. The number of amides is 1. The minimum atomic E-state index is -3.71. The van der Waals surface area contributed by atoms with Gasteiger partial charge in [0.25, 0.3) is 5.91 Å². The summed E-state index contributed by atoms with van der Waals surface area (Å²) in [4.78, 5) is 28.9. The minimum absolute atomic E-state index is 0.329. The molecule has 0 aliphatic carbocycles. The maximum absolute atomic E-state index is 13.4. The van der Waals surface area contributed by atoms with Gasteiger partial charge in [-0.3, -0.25) is 9.10 Å². The summed E-state index contributed by atoms with van der Waals surface area (Å²) >= 11 is 0. The Hall–Kier alpha value is -5.20. The van der Waals surface area contributed by atoms with Crippen LogP contribution in [0.15, 0.2) is 77.2 Å². The molecule has 3 aromatic heterocycles.